The molecular weight excluding hydrogens is 150 g/mol. The van der Waals surface area contributed by atoms with E-state index in [1.807, 2.05) is 5.94 Å². The second kappa shape index (κ2) is 4.64. The fraction of sp³-hybridized carbons (Fsp3) is 0.600. The van der Waals surface area contributed by atoms with Crippen molar-refractivity contribution in [3.05, 3.63) is 5.70 Å². The summed E-state index contributed by atoms with van der Waals surface area (Å²) in [4.78, 5) is 12.5. The lowest BCUT2D eigenvalue weighted by molar-refractivity contribution is 0.284. The molecule has 0 aromatic rings. The summed E-state index contributed by atoms with van der Waals surface area (Å²) in [5.74, 6) is 4.40. The molecule has 1 saturated heterocycles. The monoisotopic (exact) mass is 163 g/mol. The molecule has 2 nitrogen and oxygen atoms in total. The number of carbonyl (C=O) groups excluding carboxylic acids is 1. The van der Waals surface area contributed by atoms with Crippen LogP contribution >= 0.6 is 0 Å². The lowest BCUT2D eigenvalue weighted by Crippen LogP contribution is -2.29. The van der Waals surface area contributed by atoms with Crippen LogP contribution in [0.5, 0.6) is 0 Å². The van der Waals surface area contributed by atoms with Crippen molar-refractivity contribution < 1.29 is 4.79 Å². The number of hydrogen-bond donors (Lipinski definition) is 0. The van der Waals surface area contributed by atoms with Gasteiger partial charge in [0.25, 0.3) is 0 Å². The SMILES string of the molecule is C#CCC(=C=O)N1CCCCC1. The van der Waals surface area contributed by atoms with Gasteiger partial charge >= 0.3 is 0 Å². The molecule has 0 unspecified atom stereocenters. The smallest absolute Gasteiger partial charge is 0.146 e. The first-order valence-corrected chi connectivity index (χ1v) is 4.31. The Kier molecular flexibility index (Phi) is 3.44. The average Bonchev–Trinajstić information content (AvgIpc) is 2.15. The normalized spacial score (nSPS) is 16.4. The average molecular weight is 163 g/mol. The zero-order valence-corrected chi connectivity index (χ0v) is 7.18. The fourth-order valence-electron chi connectivity index (χ4n) is 1.47. The summed E-state index contributed by atoms with van der Waals surface area (Å²) < 4.78 is 0. The van der Waals surface area contributed by atoms with Gasteiger partial charge in [-0.2, -0.15) is 0 Å². The minimum absolute atomic E-state index is 0.420. The molecule has 0 atom stereocenters. The van der Waals surface area contributed by atoms with Crippen LogP contribution in [-0.4, -0.2) is 23.9 Å². The van der Waals surface area contributed by atoms with Crippen LogP contribution in [0.15, 0.2) is 5.70 Å². The lowest BCUT2D eigenvalue weighted by atomic mass is 10.1. The van der Waals surface area contributed by atoms with Gasteiger partial charge in [0.2, 0.25) is 0 Å². The molecule has 0 aliphatic carbocycles. The first kappa shape index (κ1) is 8.90. The zero-order valence-electron chi connectivity index (χ0n) is 7.18. The van der Waals surface area contributed by atoms with Crippen LogP contribution in [0.25, 0.3) is 0 Å². The maximum Gasteiger partial charge on any atom is 0.146 e. The molecule has 2 heteroatoms. The standard InChI is InChI=1S/C10H13NO/c1-2-6-10(9-12)11-7-4-3-5-8-11/h1H,3-8H2. The van der Waals surface area contributed by atoms with E-state index in [4.69, 9.17) is 6.42 Å². The molecule has 0 saturated carbocycles. The molecule has 1 aliphatic rings. The first-order valence-electron chi connectivity index (χ1n) is 4.31. The van der Waals surface area contributed by atoms with Gasteiger partial charge in [-0.25, -0.2) is 4.79 Å². The van der Waals surface area contributed by atoms with Crippen LogP contribution in [0.1, 0.15) is 25.7 Å². The summed E-state index contributed by atoms with van der Waals surface area (Å²) in [5.41, 5.74) is 0.650. The van der Waals surface area contributed by atoms with Gasteiger partial charge in [0, 0.05) is 13.1 Å². The van der Waals surface area contributed by atoms with E-state index in [2.05, 4.69) is 10.8 Å². The number of hydrogen-bond acceptors (Lipinski definition) is 2. The van der Waals surface area contributed by atoms with E-state index < -0.39 is 0 Å². The van der Waals surface area contributed by atoms with Gasteiger partial charge in [-0.15, -0.1) is 6.42 Å². The third-order valence-corrected chi connectivity index (χ3v) is 2.13. The minimum atomic E-state index is 0.420. The molecule has 0 aromatic carbocycles. The Morgan fingerprint density at radius 3 is 2.50 bits per heavy atom. The van der Waals surface area contributed by atoms with Crippen molar-refractivity contribution in [3.8, 4) is 12.3 Å². The van der Waals surface area contributed by atoms with Crippen LogP contribution in [0, 0.1) is 12.3 Å². The van der Waals surface area contributed by atoms with Crippen molar-refractivity contribution >= 4 is 5.94 Å². The molecule has 1 fully saturated rings. The maximum atomic E-state index is 10.5. The Morgan fingerprint density at radius 1 is 1.33 bits per heavy atom. The quantitative estimate of drug-likeness (QED) is 0.450. The van der Waals surface area contributed by atoms with Crippen molar-refractivity contribution in [2.45, 2.75) is 25.7 Å². The Bertz CT molecular complexity index is 227. The Hall–Kier alpha value is -1.19. The molecule has 0 bridgehead atoms. The van der Waals surface area contributed by atoms with Gasteiger partial charge in [0.1, 0.15) is 11.6 Å². The van der Waals surface area contributed by atoms with E-state index in [0.29, 0.717) is 12.1 Å². The van der Waals surface area contributed by atoms with Gasteiger partial charge in [-0.3, -0.25) is 0 Å². The number of nitrogens with zero attached hydrogens (tertiary/aromatic N) is 1. The first-order chi connectivity index (χ1) is 5.88. The molecule has 64 valence electrons. The molecule has 1 rings (SSSR count). The summed E-state index contributed by atoms with van der Waals surface area (Å²) in [7, 11) is 0. The van der Waals surface area contributed by atoms with E-state index in [-0.39, 0.29) is 0 Å². The molecule has 1 heterocycles. The van der Waals surface area contributed by atoms with Crippen LogP contribution in [0.2, 0.25) is 0 Å². The number of likely N-dealkylation sites (tertiary alicyclic amines) is 1. The Morgan fingerprint density at radius 2 is 2.00 bits per heavy atom. The van der Waals surface area contributed by atoms with Crippen molar-refractivity contribution in [3.63, 3.8) is 0 Å². The molecular formula is C10H13NO. The van der Waals surface area contributed by atoms with E-state index in [1.165, 1.54) is 6.42 Å². The van der Waals surface area contributed by atoms with Crippen molar-refractivity contribution in [1.29, 1.82) is 0 Å². The summed E-state index contributed by atoms with van der Waals surface area (Å²) in [6, 6.07) is 0. The highest BCUT2D eigenvalue weighted by Crippen LogP contribution is 2.14. The zero-order chi connectivity index (χ0) is 8.81. The van der Waals surface area contributed by atoms with Crippen LogP contribution in [-0.2, 0) is 4.79 Å². The number of piperidine rings is 1. The van der Waals surface area contributed by atoms with Gasteiger partial charge < -0.3 is 4.90 Å². The molecule has 0 spiro atoms. The van der Waals surface area contributed by atoms with Crippen LogP contribution in [0.4, 0.5) is 0 Å². The topological polar surface area (TPSA) is 20.3 Å². The largest absolute Gasteiger partial charge is 0.365 e. The second-order valence-corrected chi connectivity index (χ2v) is 2.98. The molecule has 0 radical (unpaired) electrons. The summed E-state index contributed by atoms with van der Waals surface area (Å²) in [6.45, 7) is 1.93. The van der Waals surface area contributed by atoms with Crippen molar-refractivity contribution in [2.75, 3.05) is 13.1 Å². The summed E-state index contributed by atoms with van der Waals surface area (Å²) in [6.07, 6.45) is 9.14. The third kappa shape index (κ3) is 2.15. The highest BCUT2D eigenvalue weighted by molar-refractivity contribution is 5.52. The molecule has 1 aliphatic heterocycles. The molecule has 0 aromatic heterocycles. The van der Waals surface area contributed by atoms with Crippen molar-refractivity contribution in [2.24, 2.45) is 0 Å². The summed E-state index contributed by atoms with van der Waals surface area (Å²) in [5, 5.41) is 0. The molecule has 12 heavy (non-hydrogen) atoms. The van der Waals surface area contributed by atoms with Gasteiger partial charge in [-0.05, 0) is 19.3 Å². The minimum Gasteiger partial charge on any atom is -0.365 e. The lowest BCUT2D eigenvalue weighted by Gasteiger charge is -2.27. The fourth-order valence-corrected chi connectivity index (χ4v) is 1.47. The van der Waals surface area contributed by atoms with Gasteiger partial charge in [-0.1, -0.05) is 5.92 Å². The predicted octanol–water partition coefficient (Wildman–Crippen LogP) is 1.21. The van der Waals surface area contributed by atoms with E-state index in [0.717, 1.165) is 25.9 Å². The van der Waals surface area contributed by atoms with Crippen molar-refractivity contribution in [1.82, 2.24) is 4.90 Å². The Labute approximate surface area is 73.2 Å². The van der Waals surface area contributed by atoms with Gasteiger partial charge in [0.15, 0.2) is 0 Å². The van der Waals surface area contributed by atoms with Crippen LogP contribution in [0.3, 0.4) is 0 Å². The van der Waals surface area contributed by atoms with E-state index in [1.54, 1.807) is 0 Å². The molecule has 0 N–H and O–H groups in total. The van der Waals surface area contributed by atoms with E-state index >= 15 is 0 Å². The number of terminal acetylenes is 1. The Balaban J connectivity index is 2.54. The maximum absolute atomic E-state index is 10.5. The summed E-state index contributed by atoms with van der Waals surface area (Å²) >= 11 is 0. The highest BCUT2D eigenvalue weighted by Gasteiger charge is 2.12. The van der Waals surface area contributed by atoms with E-state index in [9.17, 15) is 4.79 Å². The second-order valence-electron chi connectivity index (χ2n) is 2.98. The predicted molar refractivity (Wildman–Crippen MR) is 48.1 cm³/mol. The third-order valence-electron chi connectivity index (χ3n) is 2.13. The molecule has 0 amide bonds. The number of rotatable bonds is 2. The van der Waals surface area contributed by atoms with Gasteiger partial charge in [0.05, 0.1) is 6.42 Å². The van der Waals surface area contributed by atoms with Crippen LogP contribution < -0.4 is 0 Å². The highest BCUT2D eigenvalue weighted by atomic mass is 16.1. The number of allylic oxidation sites excluding steroid dienone is 1.